The van der Waals surface area contributed by atoms with E-state index in [1.807, 2.05) is 0 Å². The van der Waals surface area contributed by atoms with Crippen LogP contribution in [0.5, 0.6) is 0 Å². The lowest BCUT2D eigenvalue weighted by molar-refractivity contribution is -0.553. The number of methoxy groups -OCH3 is 1. The molecule has 8 heteroatoms. The topological polar surface area (TPSA) is 89.7 Å². The summed E-state index contributed by atoms with van der Waals surface area (Å²) in [6, 6.07) is 0. The third-order valence-electron chi connectivity index (χ3n) is 3.79. The third-order valence-corrected chi connectivity index (χ3v) is 6.38. The van der Waals surface area contributed by atoms with Crippen molar-refractivity contribution in [2.75, 3.05) is 7.11 Å². The first-order chi connectivity index (χ1) is 7.85. The summed E-state index contributed by atoms with van der Waals surface area (Å²) in [5.41, 5.74) is 0. The molecule has 0 amide bonds. The van der Waals surface area contributed by atoms with Crippen LogP contribution in [-0.2, 0) is 9.53 Å². The lowest BCUT2D eigenvalue weighted by Crippen LogP contribution is -2.55. The van der Waals surface area contributed by atoms with Gasteiger partial charge in [-0.3, -0.25) is 14.9 Å². The molecule has 2 saturated carbocycles. The van der Waals surface area contributed by atoms with Crippen LogP contribution in [0.25, 0.3) is 0 Å². The Hall–Kier alpha value is -0.210. The van der Waals surface area contributed by atoms with E-state index in [-0.39, 0.29) is 10.7 Å². The Labute approximate surface area is 114 Å². The molecule has 2 fully saturated rings. The molecule has 2 rings (SSSR count). The van der Waals surface area contributed by atoms with Crippen LogP contribution >= 0.6 is 31.9 Å². The quantitative estimate of drug-likeness (QED) is 0.256. The first-order valence-electron chi connectivity index (χ1n) is 5.09. The van der Waals surface area contributed by atoms with Crippen LogP contribution in [0, 0.1) is 27.9 Å². The zero-order valence-corrected chi connectivity index (χ0v) is 12.0. The Morgan fingerprint density at radius 3 is 2.71 bits per heavy atom. The number of fused-ring (bicyclic) bond motifs is 2. The van der Waals surface area contributed by atoms with Gasteiger partial charge in [-0.05, 0) is 12.3 Å². The molecule has 2 aliphatic carbocycles. The van der Waals surface area contributed by atoms with Crippen LogP contribution < -0.4 is 0 Å². The monoisotopic (exact) mass is 371 g/mol. The average Bonchev–Trinajstić information content (AvgIpc) is 2.74. The van der Waals surface area contributed by atoms with E-state index in [0.717, 1.165) is 0 Å². The summed E-state index contributed by atoms with van der Waals surface area (Å²) in [7, 11) is 1.21. The second kappa shape index (κ2) is 4.17. The number of aliphatic hydroxyl groups is 1. The summed E-state index contributed by atoms with van der Waals surface area (Å²) >= 11 is 6.36. The Bertz CT molecular complexity index is 378. The maximum Gasteiger partial charge on any atom is 0.317 e. The largest absolute Gasteiger partial charge is 0.469 e. The van der Waals surface area contributed by atoms with Gasteiger partial charge in [-0.2, -0.15) is 0 Å². The van der Waals surface area contributed by atoms with Gasteiger partial charge in [0.15, 0.2) is 0 Å². The fourth-order valence-corrected chi connectivity index (χ4v) is 4.88. The highest BCUT2D eigenvalue weighted by molar-refractivity contribution is 9.10. The SMILES string of the molecule is COC(=O)[C@@H]1[C@@H]2C[C@@H]([C@H](O)[C@H]2Br)[C@@]1(Br)[N+](=O)[O-]. The van der Waals surface area contributed by atoms with Crippen molar-refractivity contribution in [1.82, 2.24) is 0 Å². The Morgan fingerprint density at radius 1 is 1.65 bits per heavy atom. The smallest absolute Gasteiger partial charge is 0.317 e. The molecule has 0 aromatic carbocycles. The fourth-order valence-electron chi connectivity index (χ4n) is 3.01. The van der Waals surface area contributed by atoms with Crippen molar-refractivity contribution in [3.05, 3.63) is 10.1 Å². The Kier molecular flexibility index (Phi) is 3.24. The maximum atomic E-state index is 11.7. The molecular formula is C9H11Br2NO5. The van der Waals surface area contributed by atoms with Crippen molar-refractivity contribution >= 4 is 37.8 Å². The van der Waals surface area contributed by atoms with Crippen molar-refractivity contribution in [1.29, 1.82) is 0 Å². The summed E-state index contributed by atoms with van der Waals surface area (Å²) in [5, 5.41) is 21.1. The Morgan fingerprint density at radius 2 is 2.24 bits per heavy atom. The molecule has 6 nitrogen and oxygen atoms in total. The number of nitro groups is 1. The molecule has 1 N–H and O–H groups in total. The van der Waals surface area contributed by atoms with Gasteiger partial charge in [0.1, 0.15) is 5.92 Å². The lowest BCUT2D eigenvalue weighted by atomic mass is 9.83. The van der Waals surface area contributed by atoms with Crippen LogP contribution in [0.3, 0.4) is 0 Å². The molecule has 0 aliphatic heterocycles. The first-order valence-corrected chi connectivity index (χ1v) is 6.80. The highest BCUT2D eigenvalue weighted by Gasteiger charge is 2.74. The molecule has 2 aliphatic rings. The summed E-state index contributed by atoms with van der Waals surface area (Å²) in [6.07, 6.45) is -0.394. The van der Waals surface area contributed by atoms with Crippen LogP contribution in [0.15, 0.2) is 0 Å². The van der Waals surface area contributed by atoms with Gasteiger partial charge in [-0.15, -0.1) is 0 Å². The molecule has 0 aromatic rings. The number of ether oxygens (including phenoxy) is 1. The molecule has 0 saturated heterocycles. The molecule has 0 unspecified atom stereocenters. The number of carbonyl (C=O) groups is 1. The zero-order valence-electron chi connectivity index (χ0n) is 8.88. The minimum absolute atomic E-state index is 0.285. The van der Waals surface area contributed by atoms with Gasteiger partial charge in [0, 0.05) is 25.7 Å². The van der Waals surface area contributed by atoms with Crippen molar-refractivity contribution in [2.24, 2.45) is 17.8 Å². The maximum absolute atomic E-state index is 11.7. The van der Waals surface area contributed by atoms with Crippen molar-refractivity contribution in [3.8, 4) is 0 Å². The van der Waals surface area contributed by atoms with Gasteiger partial charge < -0.3 is 9.84 Å². The van der Waals surface area contributed by atoms with Gasteiger partial charge in [-0.25, -0.2) is 0 Å². The minimum atomic E-state index is -1.62. The van der Waals surface area contributed by atoms with E-state index >= 15 is 0 Å². The van der Waals surface area contributed by atoms with Gasteiger partial charge in [0.25, 0.3) is 4.45 Å². The molecule has 0 heterocycles. The van der Waals surface area contributed by atoms with E-state index in [1.54, 1.807) is 0 Å². The molecule has 17 heavy (non-hydrogen) atoms. The van der Waals surface area contributed by atoms with E-state index in [1.165, 1.54) is 7.11 Å². The molecule has 96 valence electrons. The normalized spacial score (nSPS) is 48.1. The van der Waals surface area contributed by atoms with Gasteiger partial charge >= 0.3 is 5.97 Å². The average molecular weight is 373 g/mol. The molecule has 0 radical (unpaired) electrons. The van der Waals surface area contributed by atoms with Crippen LogP contribution in [-0.4, -0.2) is 38.5 Å². The van der Waals surface area contributed by atoms with Crippen molar-refractivity contribution < 1.29 is 19.6 Å². The summed E-state index contributed by atoms with van der Waals surface area (Å²) < 4.78 is 3.02. The number of hydrogen-bond acceptors (Lipinski definition) is 5. The van der Waals surface area contributed by atoms with Crippen LogP contribution in [0.4, 0.5) is 0 Å². The number of alkyl halides is 2. The third kappa shape index (κ3) is 1.57. The van der Waals surface area contributed by atoms with E-state index in [0.29, 0.717) is 6.42 Å². The lowest BCUT2D eigenvalue weighted by Gasteiger charge is -2.35. The number of carbonyl (C=O) groups excluding carboxylic acids is 1. The van der Waals surface area contributed by atoms with Crippen molar-refractivity contribution in [3.63, 3.8) is 0 Å². The molecule has 0 spiro atoms. The van der Waals surface area contributed by atoms with E-state index in [9.17, 15) is 20.0 Å². The highest BCUT2D eigenvalue weighted by Crippen LogP contribution is 2.60. The van der Waals surface area contributed by atoms with Crippen molar-refractivity contribution in [2.45, 2.75) is 21.8 Å². The Balaban J connectivity index is 2.43. The number of rotatable bonds is 2. The summed E-state index contributed by atoms with van der Waals surface area (Å²) in [5.74, 6) is -2.36. The summed E-state index contributed by atoms with van der Waals surface area (Å²) in [6.45, 7) is 0. The zero-order chi connectivity index (χ0) is 13.0. The van der Waals surface area contributed by atoms with Crippen LogP contribution in [0.2, 0.25) is 0 Å². The molecule has 2 bridgehead atoms. The molecule has 0 aromatic heterocycles. The number of nitrogens with zero attached hydrogens (tertiary/aromatic N) is 1. The number of halogens is 2. The predicted octanol–water partition coefficient (Wildman–Crippen LogP) is 0.918. The standard InChI is InChI=1S/C9H11Br2NO5/c1-17-8(14)5-3-2-4(7(13)6(3)10)9(5,11)12(15)16/h3-7,13H,2H2,1H3/t3-,4-,5-,6-,7-,9+/m0/s1. The van der Waals surface area contributed by atoms with E-state index in [2.05, 4.69) is 36.6 Å². The number of hydrogen-bond donors (Lipinski definition) is 1. The predicted molar refractivity (Wildman–Crippen MR) is 64.5 cm³/mol. The van der Waals surface area contributed by atoms with E-state index in [4.69, 9.17) is 0 Å². The minimum Gasteiger partial charge on any atom is -0.469 e. The second-order valence-corrected chi connectivity index (χ2v) is 6.75. The van der Waals surface area contributed by atoms with E-state index < -0.39 is 33.3 Å². The van der Waals surface area contributed by atoms with Gasteiger partial charge in [-0.1, -0.05) is 15.9 Å². The molecular weight excluding hydrogens is 362 g/mol. The number of aliphatic hydroxyl groups excluding tert-OH is 1. The second-order valence-electron chi connectivity index (χ2n) is 4.43. The van der Waals surface area contributed by atoms with Gasteiger partial charge in [0.05, 0.1) is 19.1 Å². The van der Waals surface area contributed by atoms with Gasteiger partial charge in [0.2, 0.25) is 0 Å². The molecule has 6 atom stereocenters. The fraction of sp³-hybridized carbons (Fsp3) is 0.889. The number of esters is 1. The first kappa shape index (κ1) is 13.2. The summed E-state index contributed by atoms with van der Waals surface area (Å²) in [4.78, 5) is 22.1. The highest BCUT2D eigenvalue weighted by atomic mass is 79.9. The van der Waals surface area contributed by atoms with Crippen LogP contribution in [0.1, 0.15) is 6.42 Å².